The lowest BCUT2D eigenvalue weighted by molar-refractivity contribution is 0.394. The molecule has 0 saturated carbocycles. The van der Waals surface area contributed by atoms with Crippen molar-refractivity contribution in [3.8, 4) is 17.3 Å². The van der Waals surface area contributed by atoms with Gasteiger partial charge >= 0.3 is 0 Å². The standard InChI is InChI=1S/C21H26N6O2/c1-14-9-15(2)27(25-14)21-6-5-20(23-24-21)22-16-7-8-26(13-16)17-10-18(28-3)12-19(11-17)29-4/h5-6,9-12,16H,7-8,13H2,1-4H3,(H,22,23). The highest BCUT2D eigenvalue weighted by molar-refractivity contribution is 5.57. The van der Waals surface area contributed by atoms with E-state index in [4.69, 9.17) is 9.47 Å². The van der Waals surface area contributed by atoms with Crippen molar-refractivity contribution in [2.24, 2.45) is 0 Å². The third-order valence-corrected chi connectivity index (χ3v) is 5.12. The molecule has 1 aliphatic heterocycles. The van der Waals surface area contributed by atoms with Gasteiger partial charge in [0, 0.05) is 48.7 Å². The van der Waals surface area contributed by atoms with Crippen molar-refractivity contribution < 1.29 is 9.47 Å². The van der Waals surface area contributed by atoms with Gasteiger partial charge in [-0.3, -0.25) is 0 Å². The molecule has 1 aliphatic rings. The van der Waals surface area contributed by atoms with Crippen LogP contribution in [0.25, 0.3) is 5.82 Å². The molecule has 1 saturated heterocycles. The first-order chi connectivity index (χ1) is 14.1. The Balaban J connectivity index is 1.42. The summed E-state index contributed by atoms with van der Waals surface area (Å²) in [6.07, 6.45) is 1.01. The molecule has 1 unspecified atom stereocenters. The molecule has 1 N–H and O–H groups in total. The number of aryl methyl sites for hydroxylation is 2. The first-order valence-corrected chi connectivity index (χ1v) is 9.67. The summed E-state index contributed by atoms with van der Waals surface area (Å²) in [4.78, 5) is 2.32. The molecule has 3 heterocycles. The van der Waals surface area contributed by atoms with E-state index in [1.165, 1.54) is 0 Å². The first-order valence-electron chi connectivity index (χ1n) is 9.67. The van der Waals surface area contributed by atoms with Crippen molar-refractivity contribution >= 4 is 11.5 Å². The van der Waals surface area contributed by atoms with Crippen molar-refractivity contribution in [2.45, 2.75) is 26.3 Å². The van der Waals surface area contributed by atoms with Crippen LogP contribution in [-0.2, 0) is 0 Å². The van der Waals surface area contributed by atoms with E-state index in [0.717, 1.165) is 59.7 Å². The Morgan fingerprint density at radius 3 is 2.34 bits per heavy atom. The summed E-state index contributed by atoms with van der Waals surface area (Å²) in [6.45, 7) is 5.80. The molecule has 1 atom stereocenters. The lowest BCUT2D eigenvalue weighted by Crippen LogP contribution is -2.26. The average molecular weight is 394 g/mol. The number of anilines is 2. The van der Waals surface area contributed by atoms with Crippen LogP contribution < -0.4 is 19.7 Å². The highest BCUT2D eigenvalue weighted by Gasteiger charge is 2.24. The van der Waals surface area contributed by atoms with Gasteiger partial charge in [0.1, 0.15) is 17.3 Å². The molecule has 0 amide bonds. The Kier molecular flexibility index (Phi) is 5.24. The Labute approximate surface area is 170 Å². The maximum Gasteiger partial charge on any atom is 0.176 e. The molecule has 8 nitrogen and oxygen atoms in total. The molecule has 29 heavy (non-hydrogen) atoms. The molecule has 0 radical (unpaired) electrons. The van der Waals surface area contributed by atoms with Crippen LogP contribution in [0, 0.1) is 13.8 Å². The van der Waals surface area contributed by atoms with Gasteiger partial charge in [-0.05, 0) is 38.5 Å². The molecule has 0 bridgehead atoms. The number of benzene rings is 1. The number of nitrogens with one attached hydrogen (secondary N) is 1. The van der Waals surface area contributed by atoms with E-state index >= 15 is 0 Å². The lowest BCUT2D eigenvalue weighted by Gasteiger charge is -2.20. The van der Waals surface area contributed by atoms with Gasteiger partial charge in [0.2, 0.25) is 0 Å². The van der Waals surface area contributed by atoms with Crippen LogP contribution in [-0.4, -0.2) is 53.3 Å². The third-order valence-electron chi connectivity index (χ3n) is 5.12. The zero-order valence-electron chi connectivity index (χ0n) is 17.2. The molecule has 1 fully saturated rings. The molecular formula is C21H26N6O2. The molecule has 3 aromatic rings. The van der Waals surface area contributed by atoms with E-state index in [0.29, 0.717) is 6.04 Å². The number of aromatic nitrogens is 4. The Hall–Kier alpha value is -3.29. The van der Waals surface area contributed by atoms with Crippen LogP contribution in [0.1, 0.15) is 17.8 Å². The normalized spacial score (nSPS) is 16.1. The van der Waals surface area contributed by atoms with Gasteiger partial charge in [-0.25, -0.2) is 4.68 Å². The van der Waals surface area contributed by atoms with Crippen molar-refractivity contribution in [1.29, 1.82) is 0 Å². The number of hydrogen-bond donors (Lipinski definition) is 1. The smallest absolute Gasteiger partial charge is 0.176 e. The minimum absolute atomic E-state index is 0.293. The largest absolute Gasteiger partial charge is 0.497 e. The fraction of sp³-hybridized carbons (Fsp3) is 0.381. The Bertz CT molecular complexity index is 963. The predicted octanol–water partition coefficient (Wildman–Crippen LogP) is 2.99. The first kappa shape index (κ1) is 19.0. The number of hydrogen-bond acceptors (Lipinski definition) is 7. The molecule has 4 rings (SSSR count). The van der Waals surface area contributed by atoms with E-state index in [9.17, 15) is 0 Å². The number of nitrogens with zero attached hydrogens (tertiary/aromatic N) is 5. The van der Waals surface area contributed by atoms with Crippen LogP contribution in [0.4, 0.5) is 11.5 Å². The van der Waals surface area contributed by atoms with Gasteiger partial charge in [-0.1, -0.05) is 0 Å². The molecular weight excluding hydrogens is 368 g/mol. The molecule has 0 aliphatic carbocycles. The fourth-order valence-electron chi connectivity index (χ4n) is 3.67. The third kappa shape index (κ3) is 4.11. The van der Waals surface area contributed by atoms with E-state index in [1.54, 1.807) is 18.9 Å². The fourth-order valence-corrected chi connectivity index (χ4v) is 3.67. The topological polar surface area (TPSA) is 77.3 Å². The molecule has 0 spiro atoms. The van der Waals surface area contributed by atoms with Crippen LogP contribution in [0.15, 0.2) is 36.4 Å². The molecule has 1 aromatic carbocycles. The maximum atomic E-state index is 5.39. The zero-order chi connectivity index (χ0) is 20.4. The Morgan fingerprint density at radius 1 is 1.00 bits per heavy atom. The minimum Gasteiger partial charge on any atom is -0.497 e. The molecule has 2 aromatic heterocycles. The van der Waals surface area contributed by atoms with Crippen molar-refractivity contribution in [3.63, 3.8) is 0 Å². The summed E-state index contributed by atoms with van der Waals surface area (Å²) in [5.74, 6) is 3.07. The monoisotopic (exact) mass is 394 g/mol. The van der Waals surface area contributed by atoms with Crippen LogP contribution in [0.3, 0.4) is 0 Å². The van der Waals surface area contributed by atoms with Crippen LogP contribution in [0.5, 0.6) is 11.5 Å². The van der Waals surface area contributed by atoms with Gasteiger partial charge in [0.15, 0.2) is 5.82 Å². The van der Waals surface area contributed by atoms with E-state index in [2.05, 4.69) is 25.5 Å². The van der Waals surface area contributed by atoms with E-state index in [-0.39, 0.29) is 0 Å². The molecule has 152 valence electrons. The highest BCUT2D eigenvalue weighted by Crippen LogP contribution is 2.30. The van der Waals surface area contributed by atoms with Gasteiger partial charge in [0.25, 0.3) is 0 Å². The lowest BCUT2D eigenvalue weighted by atomic mass is 10.2. The molecule has 8 heteroatoms. The highest BCUT2D eigenvalue weighted by atomic mass is 16.5. The van der Waals surface area contributed by atoms with E-state index < -0.39 is 0 Å². The maximum absolute atomic E-state index is 5.39. The summed E-state index contributed by atoms with van der Waals surface area (Å²) in [7, 11) is 3.34. The van der Waals surface area contributed by atoms with Gasteiger partial charge in [0.05, 0.1) is 19.9 Å². The summed E-state index contributed by atoms with van der Waals surface area (Å²) >= 11 is 0. The van der Waals surface area contributed by atoms with Crippen LogP contribution >= 0.6 is 0 Å². The second-order valence-corrected chi connectivity index (χ2v) is 7.26. The quantitative estimate of drug-likeness (QED) is 0.689. The van der Waals surface area contributed by atoms with Crippen molar-refractivity contribution in [2.75, 3.05) is 37.5 Å². The van der Waals surface area contributed by atoms with E-state index in [1.807, 2.05) is 50.2 Å². The van der Waals surface area contributed by atoms with Gasteiger partial charge < -0.3 is 19.7 Å². The SMILES string of the molecule is COc1cc(OC)cc(N2CCC(Nc3ccc(-n4nc(C)cc4C)nn3)C2)c1. The average Bonchev–Trinajstić information content (AvgIpc) is 3.34. The number of methoxy groups -OCH3 is 2. The minimum atomic E-state index is 0.293. The van der Waals surface area contributed by atoms with Crippen molar-refractivity contribution in [3.05, 3.63) is 47.8 Å². The predicted molar refractivity (Wildman–Crippen MR) is 112 cm³/mol. The zero-order valence-corrected chi connectivity index (χ0v) is 17.2. The van der Waals surface area contributed by atoms with Crippen molar-refractivity contribution in [1.82, 2.24) is 20.0 Å². The second kappa shape index (κ2) is 7.98. The summed E-state index contributed by atoms with van der Waals surface area (Å²) in [5, 5.41) is 16.6. The van der Waals surface area contributed by atoms with Crippen LogP contribution in [0.2, 0.25) is 0 Å². The van der Waals surface area contributed by atoms with Gasteiger partial charge in [-0.2, -0.15) is 5.10 Å². The second-order valence-electron chi connectivity index (χ2n) is 7.26. The number of rotatable bonds is 6. The Morgan fingerprint density at radius 2 is 1.76 bits per heavy atom. The summed E-state index contributed by atoms with van der Waals surface area (Å²) in [5.41, 5.74) is 3.10. The summed E-state index contributed by atoms with van der Waals surface area (Å²) < 4.78 is 12.6. The number of ether oxygens (including phenoxy) is 2. The van der Waals surface area contributed by atoms with Gasteiger partial charge in [-0.15, -0.1) is 10.2 Å². The summed E-state index contributed by atoms with van der Waals surface area (Å²) in [6, 6.07) is 12.2.